The van der Waals surface area contributed by atoms with Crippen LogP contribution in [-0.2, 0) is 9.59 Å². The molecule has 0 aliphatic rings. The molecule has 1 heterocycles. The van der Waals surface area contributed by atoms with Gasteiger partial charge in [0.15, 0.2) is 5.78 Å². The minimum atomic E-state index is -0.177. The summed E-state index contributed by atoms with van der Waals surface area (Å²) in [6.45, 7) is 6.72. The number of carbonyl (C=O) groups excluding carboxylic acids is 2. The highest BCUT2D eigenvalue weighted by atomic mass is 16.2. The molecule has 140 valence electrons. The Morgan fingerprint density at radius 2 is 1.74 bits per heavy atom. The topological polar surface area (TPSA) is 85.1 Å². The summed E-state index contributed by atoms with van der Waals surface area (Å²) >= 11 is 0. The van der Waals surface area contributed by atoms with Crippen molar-refractivity contribution in [1.29, 1.82) is 0 Å². The monoisotopic (exact) mass is 363 g/mol. The summed E-state index contributed by atoms with van der Waals surface area (Å²) < 4.78 is 0. The van der Waals surface area contributed by atoms with Crippen molar-refractivity contribution in [2.24, 2.45) is 11.7 Å². The quantitative estimate of drug-likeness (QED) is 0.642. The smallest absolute Gasteiger partial charge is 0.228 e. The number of amides is 1. The van der Waals surface area contributed by atoms with Crippen molar-refractivity contribution in [1.82, 2.24) is 4.98 Å². The van der Waals surface area contributed by atoms with Crippen LogP contribution in [0.5, 0.6) is 0 Å². The molecule has 0 saturated heterocycles. The first kappa shape index (κ1) is 19.9. The lowest BCUT2D eigenvalue weighted by atomic mass is 9.99. The number of allylic oxidation sites excluding steroid dienone is 2. The van der Waals surface area contributed by atoms with E-state index in [4.69, 9.17) is 5.73 Å². The van der Waals surface area contributed by atoms with Crippen molar-refractivity contribution in [3.05, 3.63) is 65.0 Å². The standard InChI is InChI=1S/C22H23N3O2.H2/c1-14(2)22(27)25-20-13-11-18(21(15(3)23)16(4)26)19(24-20)12-10-17-8-6-5-7-9-17;/h5-9,11,13-14H,23H2,1-4H3,(H,24,25,27);1H/b21-15+;. The number of benzene rings is 1. The molecule has 1 aromatic heterocycles. The van der Waals surface area contributed by atoms with Gasteiger partial charge in [-0.1, -0.05) is 38.0 Å². The second-order valence-corrected chi connectivity index (χ2v) is 6.47. The Balaban J connectivity index is 0.00000392. The lowest BCUT2D eigenvalue weighted by molar-refractivity contribution is -0.119. The van der Waals surface area contributed by atoms with Crippen LogP contribution in [0.15, 0.2) is 48.2 Å². The van der Waals surface area contributed by atoms with E-state index in [1.54, 1.807) is 32.9 Å². The number of anilines is 1. The molecule has 0 unspecified atom stereocenters. The Morgan fingerprint density at radius 3 is 2.30 bits per heavy atom. The van der Waals surface area contributed by atoms with Crippen LogP contribution >= 0.6 is 0 Å². The average Bonchev–Trinajstić information content (AvgIpc) is 2.61. The third-order valence-corrected chi connectivity index (χ3v) is 3.79. The van der Waals surface area contributed by atoms with E-state index in [1.165, 1.54) is 6.92 Å². The molecule has 1 aromatic carbocycles. The number of hydrogen-bond acceptors (Lipinski definition) is 4. The zero-order valence-corrected chi connectivity index (χ0v) is 16.0. The van der Waals surface area contributed by atoms with Crippen LogP contribution in [0.2, 0.25) is 0 Å². The molecule has 3 N–H and O–H groups in total. The first-order chi connectivity index (χ1) is 12.8. The van der Waals surface area contributed by atoms with E-state index >= 15 is 0 Å². The van der Waals surface area contributed by atoms with Gasteiger partial charge in [-0.15, -0.1) is 0 Å². The van der Waals surface area contributed by atoms with Crippen molar-refractivity contribution >= 4 is 23.1 Å². The van der Waals surface area contributed by atoms with Crippen LogP contribution in [0.3, 0.4) is 0 Å². The number of Topliss-reactive ketones (excluding diaryl/α,β-unsaturated/α-hetero) is 1. The molecule has 1 amide bonds. The fourth-order valence-electron chi connectivity index (χ4n) is 2.43. The van der Waals surface area contributed by atoms with Gasteiger partial charge in [-0.2, -0.15) is 0 Å². The van der Waals surface area contributed by atoms with Crippen molar-refractivity contribution in [3.8, 4) is 11.8 Å². The van der Waals surface area contributed by atoms with Crippen LogP contribution in [0.25, 0.3) is 5.57 Å². The van der Waals surface area contributed by atoms with Gasteiger partial charge in [0.2, 0.25) is 5.91 Å². The third-order valence-electron chi connectivity index (χ3n) is 3.79. The lowest BCUT2D eigenvalue weighted by Crippen LogP contribution is -2.19. The highest BCUT2D eigenvalue weighted by Crippen LogP contribution is 2.22. The molecule has 27 heavy (non-hydrogen) atoms. The van der Waals surface area contributed by atoms with Gasteiger partial charge in [0.25, 0.3) is 0 Å². The van der Waals surface area contributed by atoms with Gasteiger partial charge in [0.1, 0.15) is 11.5 Å². The average molecular weight is 363 g/mol. The molecular formula is C22H25N3O2. The van der Waals surface area contributed by atoms with Gasteiger partial charge in [0.05, 0.1) is 0 Å². The Bertz CT molecular complexity index is 951. The second kappa shape index (κ2) is 8.81. The van der Waals surface area contributed by atoms with Gasteiger partial charge in [-0.25, -0.2) is 4.98 Å². The SMILES string of the molecule is CC(=O)/C(=C(/C)N)c1ccc(NC(=O)C(C)C)nc1C#Cc1ccccc1.[HH]. The molecule has 0 bridgehead atoms. The molecule has 0 radical (unpaired) electrons. The molecule has 0 aliphatic carbocycles. The van der Waals surface area contributed by atoms with E-state index < -0.39 is 0 Å². The number of nitrogens with one attached hydrogen (secondary N) is 1. The molecule has 2 rings (SSSR count). The normalized spacial score (nSPS) is 11.3. The first-order valence-corrected chi connectivity index (χ1v) is 8.66. The summed E-state index contributed by atoms with van der Waals surface area (Å²) in [5.41, 5.74) is 8.44. The predicted molar refractivity (Wildman–Crippen MR) is 110 cm³/mol. The highest BCUT2D eigenvalue weighted by Gasteiger charge is 2.16. The van der Waals surface area contributed by atoms with E-state index in [2.05, 4.69) is 22.1 Å². The number of ketones is 1. The van der Waals surface area contributed by atoms with Crippen LogP contribution in [0.4, 0.5) is 5.82 Å². The van der Waals surface area contributed by atoms with Crippen LogP contribution in [0, 0.1) is 17.8 Å². The van der Waals surface area contributed by atoms with Crippen molar-refractivity contribution in [2.45, 2.75) is 27.7 Å². The van der Waals surface area contributed by atoms with Crippen molar-refractivity contribution in [2.75, 3.05) is 5.32 Å². The maximum atomic E-state index is 12.1. The number of rotatable bonds is 4. The predicted octanol–water partition coefficient (Wildman–Crippen LogP) is 3.60. The second-order valence-electron chi connectivity index (χ2n) is 6.47. The summed E-state index contributed by atoms with van der Waals surface area (Å²) in [5, 5.41) is 2.75. The molecule has 0 spiro atoms. The number of aromatic nitrogens is 1. The third kappa shape index (κ3) is 5.29. The number of nitrogens with two attached hydrogens (primary N) is 1. The number of hydrogen-bond donors (Lipinski definition) is 2. The summed E-state index contributed by atoms with van der Waals surface area (Å²) in [5.74, 6) is 5.94. The van der Waals surface area contributed by atoms with Crippen LogP contribution in [0.1, 0.15) is 45.9 Å². The largest absolute Gasteiger partial charge is 0.402 e. The molecule has 0 atom stereocenters. The summed E-state index contributed by atoms with van der Waals surface area (Å²) in [6, 6.07) is 12.8. The number of carbonyl (C=O) groups is 2. The van der Waals surface area contributed by atoms with E-state index in [0.29, 0.717) is 28.3 Å². The Labute approximate surface area is 161 Å². The van der Waals surface area contributed by atoms with Gasteiger partial charge >= 0.3 is 0 Å². The Morgan fingerprint density at radius 1 is 1.07 bits per heavy atom. The van der Waals surface area contributed by atoms with Gasteiger partial charge < -0.3 is 11.1 Å². The molecule has 5 nitrogen and oxygen atoms in total. The van der Waals surface area contributed by atoms with Gasteiger partial charge in [-0.05, 0) is 44.0 Å². The van der Waals surface area contributed by atoms with E-state index in [1.807, 2.05) is 30.3 Å². The molecular weight excluding hydrogens is 338 g/mol. The maximum Gasteiger partial charge on any atom is 0.228 e. The fraction of sp³-hybridized carbons (Fsp3) is 0.227. The minimum Gasteiger partial charge on any atom is -0.402 e. The molecule has 0 fully saturated rings. The molecule has 5 heteroatoms. The number of pyridine rings is 1. The summed E-state index contributed by atoms with van der Waals surface area (Å²) in [6.07, 6.45) is 0. The lowest BCUT2D eigenvalue weighted by Gasteiger charge is -2.12. The van der Waals surface area contributed by atoms with Gasteiger partial charge in [0, 0.05) is 29.7 Å². The Kier molecular flexibility index (Phi) is 6.51. The maximum absolute atomic E-state index is 12.1. The molecule has 0 aliphatic heterocycles. The van der Waals surface area contributed by atoms with Crippen LogP contribution in [-0.4, -0.2) is 16.7 Å². The number of nitrogens with zero attached hydrogens (tertiary/aromatic N) is 1. The summed E-state index contributed by atoms with van der Waals surface area (Å²) in [4.78, 5) is 28.5. The fourth-order valence-corrected chi connectivity index (χ4v) is 2.43. The Hall–Kier alpha value is -3.39. The van der Waals surface area contributed by atoms with E-state index in [0.717, 1.165) is 5.56 Å². The highest BCUT2D eigenvalue weighted by molar-refractivity contribution is 6.20. The zero-order chi connectivity index (χ0) is 20.0. The zero-order valence-electron chi connectivity index (χ0n) is 16.0. The van der Waals surface area contributed by atoms with E-state index in [9.17, 15) is 9.59 Å². The summed E-state index contributed by atoms with van der Waals surface area (Å²) in [7, 11) is 0. The first-order valence-electron chi connectivity index (χ1n) is 8.66. The molecule has 0 saturated carbocycles. The van der Waals surface area contributed by atoms with E-state index in [-0.39, 0.29) is 19.0 Å². The molecule has 2 aromatic rings. The van der Waals surface area contributed by atoms with Crippen molar-refractivity contribution < 1.29 is 11.0 Å². The minimum absolute atomic E-state index is 0. The van der Waals surface area contributed by atoms with Crippen LogP contribution < -0.4 is 11.1 Å². The van der Waals surface area contributed by atoms with Crippen molar-refractivity contribution in [3.63, 3.8) is 0 Å². The van der Waals surface area contributed by atoms with Gasteiger partial charge in [-0.3, -0.25) is 9.59 Å².